The molecule has 0 bridgehead atoms. The van der Waals surface area contributed by atoms with Crippen molar-refractivity contribution >= 4 is 5.91 Å². The van der Waals surface area contributed by atoms with Gasteiger partial charge in [-0.2, -0.15) is 5.10 Å². The minimum atomic E-state index is -0.964. The molecule has 5 nitrogen and oxygen atoms in total. The summed E-state index contributed by atoms with van der Waals surface area (Å²) in [5.74, 6) is -2.18. The molecule has 1 amide bonds. The van der Waals surface area contributed by atoms with Gasteiger partial charge in [-0.05, 0) is 31.0 Å². The summed E-state index contributed by atoms with van der Waals surface area (Å²) in [6.45, 7) is 1.88. The van der Waals surface area contributed by atoms with Crippen molar-refractivity contribution in [2.24, 2.45) is 7.05 Å². The molecule has 1 saturated heterocycles. The molecule has 7 heteroatoms. The van der Waals surface area contributed by atoms with Crippen molar-refractivity contribution in [3.8, 4) is 0 Å². The van der Waals surface area contributed by atoms with Crippen molar-refractivity contribution in [2.75, 3.05) is 6.54 Å². The van der Waals surface area contributed by atoms with Crippen molar-refractivity contribution in [2.45, 2.75) is 25.5 Å². The van der Waals surface area contributed by atoms with Crippen LogP contribution in [0.25, 0.3) is 0 Å². The molecule has 1 N–H and O–H groups in total. The number of aliphatic hydroxyl groups is 1. The lowest BCUT2D eigenvalue weighted by atomic mass is 10.0. The van der Waals surface area contributed by atoms with Crippen LogP contribution < -0.4 is 0 Å². The number of likely N-dealkylation sites (tertiary alicyclic amines) is 1. The van der Waals surface area contributed by atoms with Gasteiger partial charge in [-0.25, -0.2) is 8.78 Å². The van der Waals surface area contributed by atoms with Crippen molar-refractivity contribution in [1.82, 2.24) is 14.7 Å². The molecule has 23 heavy (non-hydrogen) atoms. The molecular formula is C16H17F2N3O2. The van der Waals surface area contributed by atoms with Crippen LogP contribution in [-0.4, -0.2) is 38.3 Å². The number of carbonyl (C=O) groups excluding carboxylic acids is 1. The minimum absolute atomic E-state index is 0.150. The van der Waals surface area contributed by atoms with Crippen molar-refractivity contribution in [3.05, 3.63) is 52.9 Å². The number of rotatable bonds is 2. The summed E-state index contributed by atoms with van der Waals surface area (Å²) >= 11 is 0. The number of benzene rings is 1. The smallest absolute Gasteiger partial charge is 0.257 e. The van der Waals surface area contributed by atoms with Gasteiger partial charge in [0.1, 0.15) is 0 Å². The van der Waals surface area contributed by atoms with Gasteiger partial charge >= 0.3 is 0 Å². The predicted octanol–water partition coefficient (Wildman–Crippen LogP) is 1.95. The van der Waals surface area contributed by atoms with E-state index in [1.807, 2.05) is 0 Å². The number of hydrogen-bond donors (Lipinski definition) is 1. The lowest BCUT2D eigenvalue weighted by Crippen LogP contribution is -2.32. The summed E-state index contributed by atoms with van der Waals surface area (Å²) in [7, 11) is 1.72. The second kappa shape index (κ2) is 5.73. The molecule has 1 aliphatic heterocycles. The van der Waals surface area contributed by atoms with E-state index in [-0.39, 0.29) is 18.9 Å². The second-order valence-corrected chi connectivity index (χ2v) is 5.84. The van der Waals surface area contributed by atoms with E-state index in [1.54, 1.807) is 24.9 Å². The third-order valence-corrected chi connectivity index (χ3v) is 4.11. The number of amides is 1. The maximum absolute atomic E-state index is 13.5. The molecule has 1 aromatic carbocycles. The van der Waals surface area contributed by atoms with Crippen molar-refractivity contribution < 1.29 is 18.7 Å². The van der Waals surface area contributed by atoms with Crippen LogP contribution in [0.4, 0.5) is 8.78 Å². The fourth-order valence-electron chi connectivity index (χ4n) is 3.04. The summed E-state index contributed by atoms with van der Waals surface area (Å²) in [5, 5.41) is 14.1. The minimum Gasteiger partial charge on any atom is -0.391 e. The number of aliphatic hydroxyl groups excluding tert-OH is 1. The van der Waals surface area contributed by atoms with Crippen LogP contribution in [0.1, 0.15) is 34.1 Å². The zero-order valence-corrected chi connectivity index (χ0v) is 12.8. The van der Waals surface area contributed by atoms with Crippen LogP contribution in [0.3, 0.4) is 0 Å². The molecule has 1 aliphatic rings. The highest BCUT2D eigenvalue weighted by Gasteiger charge is 2.37. The molecule has 0 spiro atoms. The number of aromatic nitrogens is 2. The lowest BCUT2D eigenvalue weighted by Gasteiger charge is -2.24. The Morgan fingerprint density at radius 2 is 2.09 bits per heavy atom. The molecule has 2 aromatic rings. The van der Waals surface area contributed by atoms with Gasteiger partial charge < -0.3 is 10.0 Å². The second-order valence-electron chi connectivity index (χ2n) is 5.84. The van der Waals surface area contributed by atoms with Gasteiger partial charge in [0.15, 0.2) is 11.6 Å². The van der Waals surface area contributed by atoms with Gasteiger partial charge in [0.25, 0.3) is 5.91 Å². The Hall–Kier alpha value is -2.28. The Balaban J connectivity index is 1.94. The van der Waals surface area contributed by atoms with E-state index in [0.29, 0.717) is 16.8 Å². The normalized spacial score (nSPS) is 21.0. The van der Waals surface area contributed by atoms with Gasteiger partial charge in [-0.3, -0.25) is 9.48 Å². The lowest BCUT2D eigenvalue weighted by molar-refractivity contribution is 0.0714. The third kappa shape index (κ3) is 2.84. The average Bonchev–Trinajstić information content (AvgIpc) is 3.03. The maximum atomic E-state index is 13.5. The Labute approximate surface area is 132 Å². The van der Waals surface area contributed by atoms with E-state index in [4.69, 9.17) is 0 Å². The Kier molecular flexibility index (Phi) is 3.89. The predicted molar refractivity (Wildman–Crippen MR) is 78.7 cm³/mol. The maximum Gasteiger partial charge on any atom is 0.257 e. The molecule has 122 valence electrons. The van der Waals surface area contributed by atoms with E-state index in [0.717, 1.165) is 12.1 Å². The van der Waals surface area contributed by atoms with E-state index < -0.39 is 23.8 Å². The van der Waals surface area contributed by atoms with Crippen LogP contribution in [0.15, 0.2) is 24.4 Å². The Morgan fingerprint density at radius 3 is 2.70 bits per heavy atom. The van der Waals surface area contributed by atoms with Crippen LogP contribution in [-0.2, 0) is 7.05 Å². The van der Waals surface area contributed by atoms with E-state index in [2.05, 4.69) is 5.10 Å². The van der Waals surface area contributed by atoms with Gasteiger partial charge in [-0.15, -0.1) is 0 Å². The largest absolute Gasteiger partial charge is 0.391 e. The average molecular weight is 321 g/mol. The summed E-state index contributed by atoms with van der Waals surface area (Å²) in [5.41, 5.74) is 1.49. The molecule has 0 saturated carbocycles. The van der Waals surface area contributed by atoms with Crippen LogP contribution >= 0.6 is 0 Å². The van der Waals surface area contributed by atoms with E-state index >= 15 is 0 Å². The molecule has 0 aliphatic carbocycles. The highest BCUT2D eigenvalue weighted by atomic mass is 19.2. The molecule has 0 radical (unpaired) electrons. The zero-order valence-electron chi connectivity index (χ0n) is 12.8. The van der Waals surface area contributed by atoms with E-state index in [1.165, 1.54) is 11.0 Å². The van der Waals surface area contributed by atoms with Crippen LogP contribution in [0.5, 0.6) is 0 Å². The highest BCUT2D eigenvalue weighted by Crippen LogP contribution is 2.34. The molecule has 2 atom stereocenters. The van der Waals surface area contributed by atoms with Gasteiger partial charge in [0, 0.05) is 19.8 Å². The molecule has 0 unspecified atom stereocenters. The van der Waals surface area contributed by atoms with Crippen molar-refractivity contribution in [1.29, 1.82) is 0 Å². The standard InChI is InChI=1S/C16H17F2N3O2/c1-9-12(8-20(2)19-9)16(23)21-7-11(22)6-15(21)10-3-4-13(17)14(18)5-10/h3-5,8,11,15,22H,6-7H2,1-2H3/t11-,15-/m1/s1. The topological polar surface area (TPSA) is 58.4 Å². The Bertz CT molecular complexity index is 760. The van der Waals surface area contributed by atoms with E-state index in [9.17, 15) is 18.7 Å². The fourth-order valence-corrected chi connectivity index (χ4v) is 3.04. The molecule has 1 aromatic heterocycles. The third-order valence-electron chi connectivity index (χ3n) is 4.11. The van der Waals surface area contributed by atoms with Crippen molar-refractivity contribution in [3.63, 3.8) is 0 Å². The highest BCUT2D eigenvalue weighted by molar-refractivity contribution is 5.95. The molecule has 2 heterocycles. The molecule has 3 rings (SSSR count). The van der Waals surface area contributed by atoms with Gasteiger partial charge in [0.05, 0.1) is 23.4 Å². The first-order valence-corrected chi connectivity index (χ1v) is 7.31. The van der Waals surface area contributed by atoms with Gasteiger partial charge in [-0.1, -0.05) is 6.07 Å². The first-order chi connectivity index (χ1) is 10.9. The van der Waals surface area contributed by atoms with Crippen LogP contribution in [0.2, 0.25) is 0 Å². The van der Waals surface area contributed by atoms with Crippen LogP contribution in [0, 0.1) is 18.6 Å². The summed E-state index contributed by atoms with van der Waals surface area (Å²) in [6, 6.07) is 3.06. The number of carbonyl (C=O) groups is 1. The Morgan fingerprint density at radius 1 is 1.35 bits per heavy atom. The fraction of sp³-hybridized carbons (Fsp3) is 0.375. The number of aryl methyl sites for hydroxylation is 2. The number of halogens is 2. The summed E-state index contributed by atoms with van der Waals surface area (Å²) < 4.78 is 28.2. The quantitative estimate of drug-likeness (QED) is 0.920. The zero-order chi connectivity index (χ0) is 16.7. The SMILES string of the molecule is Cc1nn(C)cc1C(=O)N1C[C@H](O)C[C@@H]1c1ccc(F)c(F)c1. The number of β-amino-alcohol motifs (C(OH)–C–C–N with tert-alkyl or cyclic N) is 1. The molecule has 1 fully saturated rings. The first-order valence-electron chi connectivity index (χ1n) is 7.31. The summed E-state index contributed by atoms with van der Waals surface area (Å²) in [6.07, 6.45) is 1.20. The summed E-state index contributed by atoms with van der Waals surface area (Å²) in [4.78, 5) is 14.2. The van der Waals surface area contributed by atoms with Gasteiger partial charge in [0.2, 0.25) is 0 Å². The first kappa shape index (κ1) is 15.6. The number of hydrogen-bond acceptors (Lipinski definition) is 3. The number of nitrogens with zero attached hydrogens (tertiary/aromatic N) is 3. The molecular weight excluding hydrogens is 304 g/mol. The monoisotopic (exact) mass is 321 g/mol.